The van der Waals surface area contributed by atoms with E-state index in [9.17, 15) is 35.1 Å². The van der Waals surface area contributed by atoms with Crippen molar-refractivity contribution in [3.63, 3.8) is 0 Å². The highest BCUT2D eigenvalue weighted by atomic mass is 16.7. The van der Waals surface area contributed by atoms with Crippen LogP contribution < -0.4 is 5.32 Å². The molecule has 4 bridgehead atoms. The van der Waals surface area contributed by atoms with Gasteiger partial charge in [0, 0.05) is 34.9 Å². The number of carbonyl (C=O) groups is 5. The molecule has 0 aromatic heterocycles. The van der Waals surface area contributed by atoms with Crippen molar-refractivity contribution < 1.29 is 63.7 Å². The van der Waals surface area contributed by atoms with E-state index in [1.165, 1.54) is 13.8 Å². The SMILES string of the molecule is CC1=C[C@H]2C=C(C)[C@@H](C)[C@H]3[C@H](CC(C)C)NC(=O)[C@@]23C(=O)[C@H]2[C@@H]3[C@H](O[C@]4(O)C(=O)C(O)=C(C)[C@]56[C@H]2O[C@H]3[C@@]54[C@]2(O)C(=O)C(C)=C3[C@@H](O)OC[C@@]36C2=O)[C@H](O)CC1. The van der Waals surface area contributed by atoms with Gasteiger partial charge in [0.1, 0.15) is 10.8 Å². The summed E-state index contributed by atoms with van der Waals surface area (Å²) in [6, 6.07) is -0.407. The zero-order chi connectivity index (χ0) is 40.4. The Bertz CT molecular complexity index is 2130. The number of amides is 1. The van der Waals surface area contributed by atoms with E-state index in [-0.39, 0.29) is 41.4 Å². The fourth-order valence-electron chi connectivity index (χ4n) is 15.0. The topological polar surface area (TPSA) is 226 Å². The van der Waals surface area contributed by atoms with Gasteiger partial charge in [0.05, 0.1) is 47.8 Å². The lowest BCUT2D eigenvalue weighted by molar-refractivity contribution is -0.379. The third-order valence-electron chi connectivity index (χ3n) is 16.7. The van der Waals surface area contributed by atoms with Crippen LogP contribution in [0.1, 0.15) is 67.7 Å². The van der Waals surface area contributed by atoms with Crippen molar-refractivity contribution >= 4 is 29.0 Å². The van der Waals surface area contributed by atoms with Crippen molar-refractivity contribution in [1.82, 2.24) is 5.32 Å². The first kappa shape index (κ1) is 36.9. The first-order chi connectivity index (χ1) is 26.2. The molecular weight excluding hydrogens is 726 g/mol. The Labute approximate surface area is 323 Å². The van der Waals surface area contributed by atoms with E-state index in [0.717, 1.165) is 11.1 Å². The Morgan fingerprint density at radius 3 is 2.36 bits per heavy atom. The van der Waals surface area contributed by atoms with Gasteiger partial charge in [-0.2, -0.15) is 0 Å². The van der Waals surface area contributed by atoms with Crippen LogP contribution in [0.5, 0.6) is 0 Å². The smallest absolute Gasteiger partial charge is 0.256 e. The molecule has 56 heavy (non-hydrogen) atoms. The number of rotatable bonds is 2. The molecule has 10 aliphatic rings. The van der Waals surface area contributed by atoms with Crippen LogP contribution in [0.2, 0.25) is 0 Å². The highest BCUT2D eigenvalue weighted by Gasteiger charge is 3.05. The molecule has 1 saturated carbocycles. The van der Waals surface area contributed by atoms with Crippen LogP contribution in [0.15, 0.2) is 45.8 Å². The fraction of sp³-hybridized carbons (Fsp3) is 0.690. The number of ketones is 4. The fourth-order valence-corrected chi connectivity index (χ4v) is 15.0. The second kappa shape index (κ2) is 10.6. The van der Waals surface area contributed by atoms with Crippen LogP contribution in [-0.2, 0) is 38.2 Å². The maximum atomic E-state index is 16.5. The second-order valence-electron chi connectivity index (χ2n) is 19.0. The molecule has 17 atom stereocenters. The number of aliphatic hydroxyl groups is 5. The first-order valence-corrected chi connectivity index (χ1v) is 19.9. The molecular formula is C42H49NO13. The minimum Gasteiger partial charge on any atom is -0.504 e. The van der Waals surface area contributed by atoms with E-state index in [1.54, 1.807) is 0 Å². The Kier molecular flexibility index (Phi) is 7.01. The van der Waals surface area contributed by atoms with Crippen molar-refractivity contribution in [2.45, 2.75) is 116 Å². The Balaban J connectivity index is 1.33. The quantitative estimate of drug-likeness (QED) is 0.171. The van der Waals surface area contributed by atoms with Crippen molar-refractivity contribution in [2.24, 2.45) is 57.2 Å². The van der Waals surface area contributed by atoms with Crippen molar-refractivity contribution in [3.8, 4) is 0 Å². The number of ether oxygens (including phenoxy) is 3. The zero-order valence-electron chi connectivity index (χ0n) is 32.4. The van der Waals surface area contributed by atoms with Crippen LogP contribution in [0.25, 0.3) is 0 Å². The van der Waals surface area contributed by atoms with Crippen molar-refractivity contribution in [1.29, 1.82) is 0 Å². The summed E-state index contributed by atoms with van der Waals surface area (Å²) in [6.45, 7) is 11.9. The molecule has 300 valence electrons. The Morgan fingerprint density at radius 2 is 1.68 bits per heavy atom. The molecule has 5 aliphatic carbocycles. The van der Waals surface area contributed by atoms with Gasteiger partial charge in [0.2, 0.25) is 17.3 Å². The largest absolute Gasteiger partial charge is 0.504 e. The molecule has 0 unspecified atom stereocenters. The lowest BCUT2D eigenvalue weighted by Crippen LogP contribution is -2.84. The summed E-state index contributed by atoms with van der Waals surface area (Å²) in [4.78, 5) is 76.3. The van der Waals surface area contributed by atoms with Gasteiger partial charge in [-0.05, 0) is 64.4 Å². The van der Waals surface area contributed by atoms with E-state index in [0.29, 0.717) is 6.42 Å². The molecule has 5 saturated heterocycles. The zero-order valence-corrected chi connectivity index (χ0v) is 32.4. The predicted octanol–water partition coefficient (Wildman–Crippen LogP) is 1.05. The normalized spacial score (nSPS) is 53.8. The number of hydrogen-bond acceptors (Lipinski definition) is 13. The van der Waals surface area contributed by atoms with E-state index < -0.39 is 135 Å². The molecule has 3 spiro atoms. The lowest BCUT2D eigenvalue weighted by Gasteiger charge is -2.67. The third-order valence-corrected chi connectivity index (χ3v) is 16.7. The van der Waals surface area contributed by atoms with Gasteiger partial charge >= 0.3 is 0 Å². The summed E-state index contributed by atoms with van der Waals surface area (Å²) in [5.74, 6) is -13.4. The van der Waals surface area contributed by atoms with Gasteiger partial charge in [-0.1, -0.05) is 44.1 Å². The molecule has 0 aromatic rings. The van der Waals surface area contributed by atoms with Gasteiger partial charge in [-0.3, -0.25) is 24.0 Å². The minimum atomic E-state index is -3.36. The van der Waals surface area contributed by atoms with Crippen LogP contribution in [0, 0.1) is 57.2 Å². The Hall–Kier alpha value is -3.37. The number of Topliss-reactive ketones (excluding diaryl/α,β-unsaturated/α-hetero) is 4. The molecule has 5 aliphatic heterocycles. The molecule has 6 N–H and O–H groups in total. The molecule has 1 amide bonds. The van der Waals surface area contributed by atoms with E-state index in [4.69, 9.17) is 14.2 Å². The number of nitrogens with one attached hydrogen (secondary N) is 1. The van der Waals surface area contributed by atoms with Gasteiger partial charge in [0.15, 0.2) is 29.4 Å². The van der Waals surface area contributed by atoms with Gasteiger partial charge in [-0.25, -0.2) is 0 Å². The van der Waals surface area contributed by atoms with Crippen LogP contribution in [0.4, 0.5) is 0 Å². The minimum absolute atomic E-state index is 0.0202. The number of fused-ring (bicyclic) bond motifs is 3. The van der Waals surface area contributed by atoms with E-state index in [2.05, 4.69) is 5.32 Å². The van der Waals surface area contributed by atoms with Gasteiger partial charge in [0.25, 0.3) is 5.78 Å². The molecule has 14 nitrogen and oxygen atoms in total. The van der Waals surface area contributed by atoms with Crippen molar-refractivity contribution in [2.75, 3.05) is 6.61 Å². The summed E-state index contributed by atoms with van der Waals surface area (Å²) in [7, 11) is 0. The number of aliphatic hydroxyl groups excluding tert-OH is 3. The highest BCUT2D eigenvalue weighted by Crippen LogP contribution is 2.89. The van der Waals surface area contributed by atoms with Crippen LogP contribution in [-0.4, -0.2) is 109 Å². The molecule has 10 rings (SSSR count). The molecule has 5 heterocycles. The van der Waals surface area contributed by atoms with Crippen LogP contribution in [0.3, 0.4) is 0 Å². The summed E-state index contributed by atoms with van der Waals surface area (Å²) in [5, 5.41) is 64.9. The van der Waals surface area contributed by atoms with Gasteiger partial charge < -0.3 is 45.1 Å². The highest BCUT2D eigenvalue weighted by molar-refractivity contribution is 6.28. The average molecular weight is 776 g/mol. The molecule has 6 fully saturated rings. The van der Waals surface area contributed by atoms with E-state index >= 15 is 14.4 Å². The number of allylic oxidation sites excluding steroid dienone is 4. The summed E-state index contributed by atoms with van der Waals surface area (Å²) < 4.78 is 19.2. The lowest BCUT2D eigenvalue weighted by atomic mass is 9.36. The van der Waals surface area contributed by atoms with E-state index in [1.807, 2.05) is 46.8 Å². The van der Waals surface area contributed by atoms with Crippen LogP contribution >= 0.6 is 0 Å². The molecule has 14 heteroatoms. The molecule has 0 radical (unpaired) electrons. The van der Waals surface area contributed by atoms with Gasteiger partial charge in [-0.15, -0.1) is 0 Å². The second-order valence-corrected chi connectivity index (χ2v) is 19.0. The number of carbonyl (C=O) groups excluding carboxylic acids is 5. The number of hydrogen-bond donors (Lipinski definition) is 6. The third kappa shape index (κ3) is 3.23. The maximum Gasteiger partial charge on any atom is 0.256 e. The average Bonchev–Trinajstić information content (AvgIpc) is 3.89. The molecule has 0 aromatic carbocycles. The standard InChI is InChI=1S/C42H49NO13/c1-14(2)10-21-25-17(5)16(4)12-20-11-15(3)8-9-22(44)28-23-24(30(47)38(20,25)36(51)43-21)32-39-19(7)27(45)31(48)42(53,56-28)41(39,33(23)55-32)40(52)29(46)18(6)26-34(49)54-13-37(26,39)35(40)50/h11-12,14,17,20-25,28,32-34,44-45,49,52-53H,8-10,13H2,1-7H3,(H,43,51)/t17-,20+,21+,22-,23-,24-,25+,28-,32+,33-,34+,37+,38+,39-,40+,41+,42-/m1/s1. The maximum absolute atomic E-state index is 16.5. The Morgan fingerprint density at radius 1 is 0.982 bits per heavy atom. The first-order valence-electron chi connectivity index (χ1n) is 19.9. The predicted molar refractivity (Wildman–Crippen MR) is 190 cm³/mol. The summed E-state index contributed by atoms with van der Waals surface area (Å²) >= 11 is 0. The summed E-state index contributed by atoms with van der Waals surface area (Å²) in [6.07, 6.45) is -3.43. The monoisotopic (exact) mass is 775 g/mol. The summed E-state index contributed by atoms with van der Waals surface area (Å²) in [5.41, 5.74) is -11.2. The van der Waals surface area contributed by atoms with Crippen molar-refractivity contribution in [3.05, 3.63) is 45.8 Å².